The number of esters is 1. The van der Waals surface area contributed by atoms with Gasteiger partial charge in [-0.2, -0.15) is 15.0 Å². The van der Waals surface area contributed by atoms with Crippen LogP contribution in [0.25, 0.3) is 0 Å². The number of carbonyl (C=O) groups is 2. The fraction of sp³-hybridized carbons (Fsp3) is 0.125. The fourth-order valence-corrected chi connectivity index (χ4v) is 2.71. The van der Waals surface area contributed by atoms with E-state index in [2.05, 4.69) is 30.6 Å². The van der Waals surface area contributed by atoms with Crippen molar-refractivity contribution in [1.29, 1.82) is 0 Å². The van der Waals surface area contributed by atoms with E-state index in [1.54, 1.807) is 0 Å². The van der Waals surface area contributed by atoms with Gasteiger partial charge in [-0.15, -0.1) is 11.3 Å². The second-order valence-electron chi connectivity index (χ2n) is 5.22. The van der Waals surface area contributed by atoms with E-state index in [9.17, 15) is 9.59 Å². The van der Waals surface area contributed by atoms with Gasteiger partial charge in [0.2, 0.25) is 17.8 Å². The topological polar surface area (TPSA) is 145 Å². The lowest BCUT2D eigenvalue weighted by molar-refractivity contribution is -0.114. The molecule has 10 nitrogen and oxygen atoms in total. The molecule has 4 N–H and O–H groups in total. The Kier molecular flexibility index (Phi) is 5.52. The van der Waals surface area contributed by atoms with Crippen molar-refractivity contribution in [3.8, 4) is 0 Å². The molecule has 138 valence electrons. The third-order valence-electron chi connectivity index (χ3n) is 3.06. The summed E-state index contributed by atoms with van der Waals surface area (Å²) in [4.78, 5) is 39.2. The first-order valence-corrected chi connectivity index (χ1v) is 8.60. The van der Waals surface area contributed by atoms with E-state index in [1.807, 2.05) is 30.3 Å². The van der Waals surface area contributed by atoms with E-state index in [1.165, 1.54) is 12.3 Å². The van der Waals surface area contributed by atoms with Crippen molar-refractivity contribution < 1.29 is 14.3 Å². The van der Waals surface area contributed by atoms with E-state index in [4.69, 9.17) is 10.5 Å². The molecule has 0 unspecified atom stereocenters. The van der Waals surface area contributed by atoms with Crippen LogP contribution in [0.15, 0.2) is 35.7 Å². The first kappa shape index (κ1) is 18.2. The molecule has 0 saturated carbocycles. The summed E-state index contributed by atoms with van der Waals surface area (Å²) in [5.74, 6) is -0.521. The molecule has 2 heterocycles. The van der Waals surface area contributed by atoms with E-state index in [-0.39, 0.29) is 35.9 Å². The molecule has 1 aromatic carbocycles. The number of nitrogens with one attached hydrogen (secondary N) is 2. The molecule has 3 rings (SSSR count). The van der Waals surface area contributed by atoms with Gasteiger partial charge in [-0.05, 0) is 12.1 Å². The number of amides is 1. The van der Waals surface area contributed by atoms with Gasteiger partial charge in [0.05, 0.1) is 0 Å². The van der Waals surface area contributed by atoms with E-state index >= 15 is 0 Å². The van der Waals surface area contributed by atoms with Crippen molar-refractivity contribution in [3.05, 3.63) is 47.2 Å². The van der Waals surface area contributed by atoms with Crippen molar-refractivity contribution in [3.63, 3.8) is 0 Å². The average Bonchev–Trinajstić information content (AvgIpc) is 3.08. The normalized spacial score (nSPS) is 10.3. The fourth-order valence-electron chi connectivity index (χ4n) is 1.99. The average molecular weight is 385 g/mol. The van der Waals surface area contributed by atoms with Crippen molar-refractivity contribution in [2.24, 2.45) is 0 Å². The summed E-state index contributed by atoms with van der Waals surface area (Å²) < 4.78 is 5.15. The molecular weight excluding hydrogens is 370 g/mol. The van der Waals surface area contributed by atoms with Gasteiger partial charge >= 0.3 is 5.97 Å². The number of anilines is 4. The number of nitrogens with zero attached hydrogens (tertiary/aromatic N) is 4. The highest BCUT2D eigenvalue weighted by atomic mass is 32.1. The first-order valence-electron chi connectivity index (χ1n) is 7.72. The predicted octanol–water partition coefficient (Wildman–Crippen LogP) is 1.97. The van der Waals surface area contributed by atoms with Crippen LogP contribution in [-0.2, 0) is 16.1 Å². The summed E-state index contributed by atoms with van der Waals surface area (Å²) in [5, 5.41) is 7.28. The third kappa shape index (κ3) is 5.19. The van der Waals surface area contributed by atoms with Crippen LogP contribution < -0.4 is 16.4 Å². The number of para-hydroxylation sites is 1. The minimum absolute atomic E-state index is 0.00363. The molecule has 3 aromatic rings. The van der Waals surface area contributed by atoms with Crippen LogP contribution >= 0.6 is 11.3 Å². The lowest BCUT2D eigenvalue weighted by atomic mass is 10.3. The Morgan fingerprint density at radius 1 is 1.15 bits per heavy atom. The number of rotatable bonds is 6. The molecule has 11 heteroatoms. The predicted molar refractivity (Wildman–Crippen MR) is 99.5 cm³/mol. The van der Waals surface area contributed by atoms with Crippen LogP contribution in [0.1, 0.15) is 23.2 Å². The molecule has 0 radical (unpaired) electrons. The maximum atomic E-state index is 12.1. The molecular formula is C16H15N7O3S. The summed E-state index contributed by atoms with van der Waals surface area (Å²) in [6.45, 7) is 1.15. The number of ether oxygens (including phenoxy) is 1. The van der Waals surface area contributed by atoms with Gasteiger partial charge in [0.15, 0.2) is 23.3 Å². The Morgan fingerprint density at radius 2 is 1.93 bits per heavy atom. The van der Waals surface area contributed by atoms with Crippen molar-refractivity contribution in [2.75, 3.05) is 16.4 Å². The SMILES string of the molecule is CC(=O)Nc1nc(C(=O)OCc2nc(N)nc(Nc3ccccc3)n2)cs1. The van der Waals surface area contributed by atoms with Crippen LogP contribution in [-0.4, -0.2) is 31.8 Å². The van der Waals surface area contributed by atoms with E-state index in [0.29, 0.717) is 5.13 Å². The number of benzene rings is 1. The van der Waals surface area contributed by atoms with E-state index < -0.39 is 5.97 Å². The van der Waals surface area contributed by atoms with Crippen LogP contribution in [0.2, 0.25) is 0 Å². The molecule has 27 heavy (non-hydrogen) atoms. The standard InChI is InChI=1S/C16H15N7O3S/c1-9(24)18-16-20-11(8-27-16)13(25)26-7-12-21-14(17)23-15(22-12)19-10-5-3-2-4-6-10/h2-6,8H,7H2,1H3,(H,18,20,24)(H3,17,19,21,22,23). The maximum absolute atomic E-state index is 12.1. The van der Waals surface area contributed by atoms with Crippen LogP contribution in [0, 0.1) is 0 Å². The second kappa shape index (κ2) is 8.19. The monoisotopic (exact) mass is 385 g/mol. The van der Waals surface area contributed by atoms with Gasteiger partial charge in [0.1, 0.15) is 0 Å². The van der Waals surface area contributed by atoms with Crippen LogP contribution in [0.4, 0.5) is 22.7 Å². The molecule has 0 bridgehead atoms. The quantitative estimate of drug-likeness (QED) is 0.542. The number of aromatic nitrogens is 4. The first-order chi connectivity index (χ1) is 13.0. The molecule has 0 saturated heterocycles. The van der Waals surface area contributed by atoms with Gasteiger partial charge in [-0.3, -0.25) is 4.79 Å². The highest BCUT2D eigenvalue weighted by molar-refractivity contribution is 7.14. The molecule has 0 atom stereocenters. The van der Waals surface area contributed by atoms with Crippen molar-refractivity contribution in [2.45, 2.75) is 13.5 Å². The Balaban J connectivity index is 1.64. The third-order valence-corrected chi connectivity index (χ3v) is 3.82. The lowest BCUT2D eigenvalue weighted by Crippen LogP contribution is -2.12. The van der Waals surface area contributed by atoms with Crippen LogP contribution in [0.5, 0.6) is 0 Å². The number of thiazole rings is 1. The Bertz CT molecular complexity index is 962. The summed E-state index contributed by atoms with van der Waals surface area (Å²) in [7, 11) is 0. The zero-order valence-corrected chi connectivity index (χ0v) is 15.0. The van der Waals surface area contributed by atoms with Crippen molar-refractivity contribution >= 4 is 45.9 Å². The number of nitrogens with two attached hydrogens (primary N) is 1. The molecule has 0 fully saturated rings. The smallest absolute Gasteiger partial charge is 0.358 e. The van der Waals surface area contributed by atoms with Gasteiger partial charge in [-0.25, -0.2) is 9.78 Å². The van der Waals surface area contributed by atoms with Crippen molar-refractivity contribution in [1.82, 2.24) is 19.9 Å². The highest BCUT2D eigenvalue weighted by Gasteiger charge is 2.14. The van der Waals surface area contributed by atoms with E-state index in [0.717, 1.165) is 17.0 Å². The summed E-state index contributed by atoms with van der Waals surface area (Å²) >= 11 is 1.12. The van der Waals surface area contributed by atoms with Gasteiger partial charge in [-0.1, -0.05) is 18.2 Å². The molecule has 0 aliphatic carbocycles. The van der Waals surface area contributed by atoms with Crippen LogP contribution in [0.3, 0.4) is 0 Å². The summed E-state index contributed by atoms with van der Waals surface area (Å²) in [6, 6.07) is 9.29. The summed E-state index contributed by atoms with van der Waals surface area (Å²) in [6.07, 6.45) is 0. The molecule has 0 aliphatic heterocycles. The number of hydrogen-bond donors (Lipinski definition) is 3. The minimum atomic E-state index is -0.667. The van der Waals surface area contributed by atoms with Gasteiger partial charge in [0.25, 0.3) is 0 Å². The largest absolute Gasteiger partial charge is 0.453 e. The number of hydrogen-bond acceptors (Lipinski definition) is 10. The zero-order valence-electron chi connectivity index (χ0n) is 14.2. The maximum Gasteiger partial charge on any atom is 0.358 e. The zero-order chi connectivity index (χ0) is 19.2. The Labute approximate surface area is 157 Å². The summed E-state index contributed by atoms with van der Waals surface area (Å²) in [5.41, 5.74) is 6.54. The second-order valence-corrected chi connectivity index (χ2v) is 6.08. The number of nitrogen functional groups attached to an aromatic ring is 1. The lowest BCUT2D eigenvalue weighted by Gasteiger charge is -2.07. The van der Waals surface area contributed by atoms with Gasteiger partial charge in [0, 0.05) is 18.0 Å². The highest BCUT2D eigenvalue weighted by Crippen LogP contribution is 2.17. The Hall–Kier alpha value is -3.60. The van der Waals surface area contributed by atoms with Gasteiger partial charge < -0.3 is 21.1 Å². The molecule has 1 amide bonds. The molecule has 0 spiro atoms. The number of carbonyl (C=O) groups excluding carboxylic acids is 2. The minimum Gasteiger partial charge on any atom is -0.453 e. The molecule has 0 aliphatic rings. The Morgan fingerprint density at radius 3 is 2.67 bits per heavy atom. The molecule has 2 aromatic heterocycles.